The van der Waals surface area contributed by atoms with Gasteiger partial charge in [-0.25, -0.2) is 0 Å². The van der Waals surface area contributed by atoms with Crippen LogP contribution in [0.25, 0.3) is 5.65 Å². The number of benzene rings is 1. The summed E-state index contributed by atoms with van der Waals surface area (Å²) in [5.74, 6) is 1.15. The van der Waals surface area contributed by atoms with Gasteiger partial charge in [0.05, 0.1) is 0 Å². The van der Waals surface area contributed by atoms with Gasteiger partial charge in [0.25, 0.3) is 0 Å². The van der Waals surface area contributed by atoms with Crippen LogP contribution >= 0.6 is 0 Å². The summed E-state index contributed by atoms with van der Waals surface area (Å²) >= 11 is 0. The zero-order valence-corrected chi connectivity index (χ0v) is 19.5. The van der Waals surface area contributed by atoms with Crippen LogP contribution in [-0.2, 0) is 19.1 Å². The molecule has 0 bridgehead atoms. The summed E-state index contributed by atoms with van der Waals surface area (Å²) in [5.41, 5.74) is 0.722. The Morgan fingerprint density at radius 1 is 1.00 bits per heavy atom. The first-order valence-corrected chi connectivity index (χ1v) is 11.8. The van der Waals surface area contributed by atoms with Gasteiger partial charge in [-0.15, -0.1) is 10.2 Å². The number of rotatable bonds is 5. The Labute approximate surface area is 193 Å². The van der Waals surface area contributed by atoms with E-state index in [9.17, 15) is 13.2 Å². The van der Waals surface area contributed by atoms with Gasteiger partial charge in [-0.2, -0.15) is 13.2 Å². The number of fused-ring (bicyclic) bond motifs is 1. The lowest BCUT2D eigenvalue weighted by molar-refractivity contribution is -0.137. The molecule has 178 valence electrons. The van der Waals surface area contributed by atoms with Crippen LogP contribution in [0.1, 0.15) is 55.2 Å². The molecule has 3 heterocycles. The molecule has 2 aliphatic rings. The van der Waals surface area contributed by atoms with E-state index in [0.29, 0.717) is 24.7 Å². The number of pyridine rings is 1. The van der Waals surface area contributed by atoms with E-state index >= 15 is 0 Å². The molecule has 2 fully saturated rings. The summed E-state index contributed by atoms with van der Waals surface area (Å²) in [6.07, 6.45) is 0.154. The molecule has 1 aliphatic carbocycles. The minimum atomic E-state index is -4.48. The molecule has 1 unspecified atom stereocenters. The van der Waals surface area contributed by atoms with Crippen molar-refractivity contribution in [2.75, 3.05) is 26.7 Å². The highest BCUT2D eigenvalue weighted by atomic mass is 19.4. The second kappa shape index (κ2) is 9.81. The zero-order chi connectivity index (χ0) is 23.6. The van der Waals surface area contributed by atoms with Crippen LogP contribution in [0.2, 0.25) is 0 Å². The van der Waals surface area contributed by atoms with Gasteiger partial charge in [0.2, 0.25) is 0 Å². The summed E-state index contributed by atoms with van der Waals surface area (Å²) in [7, 11) is 2.07. The van der Waals surface area contributed by atoms with Gasteiger partial charge < -0.3 is 0 Å². The number of hydrogen-bond donors (Lipinski definition) is 0. The maximum atomic E-state index is 14.1. The first-order valence-electron chi connectivity index (χ1n) is 11.8. The lowest BCUT2D eigenvalue weighted by atomic mass is 10.0. The van der Waals surface area contributed by atoms with Gasteiger partial charge in [0.15, 0.2) is 5.65 Å². The molecule has 3 aromatic rings. The average molecular weight is 460 g/mol. The fourth-order valence-corrected chi connectivity index (χ4v) is 4.55. The second-order valence-corrected chi connectivity index (χ2v) is 8.81. The van der Waals surface area contributed by atoms with E-state index in [1.54, 1.807) is 12.3 Å². The fourth-order valence-electron chi connectivity index (χ4n) is 4.55. The molecular weight excluding hydrogens is 427 g/mol. The molecule has 33 heavy (non-hydrogen) atoms. The number of halogens is 3. The van der Waals surface area contributed by atoms with Crippen molar-refractivity contribution < 1.29 is 13.2 Å². The van der Waals surface area contributed by atoms with Crippen LogP contribution in [0.3, 0.4) is 0 Å². The van der Waals surface area contributed by atoms with Crippen LogP contribution in [-0.4, -0.2) is 51.1 Å². The highest BCUT2D eigenvalue weighted by Crippen LogP contribution is 2.37. The third-order valence-electron chi connectivity index (χ3n) is 6.50. The summed E-state index contributed by atoms with van der Waals surface area (Å²) in [5, 5.41) is 8.05. The minimum absolute atomic E-state index is 0.0746. The molecule has 5 nitrogen and oxygen atoms in total. The van der Waals surface area contributed by atoms with Crippen LogP contribution in [0.15, 0.2) is 42.6 Å². The van der Waals surface area contributed by atoms with Crippen molar-refractivity contribution in [2.24, 2.45) is 5.92 Å². The molecule has 1 saturated carbocycles. The second-order valence-electron chi connectivity index (χ2n) is 8.81. The maximum Gasteiger partial charge on any atom is 0.420 e. The Bertz CT molecular complexity index is 1060. The van der Waals surface area contributed by atoms with Crippen molar-refractivity contribution >= 4 is 5.65 Å². The molecule has 5 rings (SSSR count). The molecule has 0 spiro atoms. The number of alkyl halides is 3. The topological polar surface area (TPSA) is 36.7 Å². The van der Waals surface area contributed by atoms with E-state index in [2.05, 4.69) is 39.2 Å². The average Bonchev–Trinajstić information content (AvgIpc) is 3.54. The molecule has 1 aromatic carbocycles. The highest BCUT2D eigenvalue weighted by Gasteiger charge is 2.38. The van der Waals surface area contributed by atoms with Crippen LogP contribution in [0.5, 0.6) is 0 Å². The lowest BCUT2D eigenvalue weighted by Crippen LogP contribution is -2.46. The zero-order valence-electron chi connectivity index (χ0n) is 19.5. The largest absolute Gasteiger partial charge is 0.420 e. The van der Waals surface area contributed by atoms with Crippen molar-refractivity contribution in [3.05, 3.63) is 65.1 Å². The van der Waals surface area contributed by atoms with Gasteiger partial charge in [-0.1, -0.05) is 44.2 Å². The first-order chi connectivity index (χ1) is 15.9. The molecule has 1 aliphatic heterocycles. The smallest absolute Gasteiger partial charge is 0.297 e. The predicted octanol–water partition coefficient (Wildman–Crippen LogP) is 5.22. The Balaban J connectivity index is 0.00000126. The molecule has 0 amide bonds. The van der Waals surface area contributed by atoms with E-state index < -0.39 is 11.7 Å². The summed E-state index contributed by atoms with van der Waals surface area (Å²) < 4.78 is 43.9. The number of aromatic nitrogens is 3. The highest BCUT2D eigenvalue weighted by molar-refractivity contribution is 5.53. The molecule has 2 aromatic heterocycles. The number of piperazine rings is 1. The van der Waals surface area contributed by atoms with E-state index in [0.717, 1.165) is 25.9 Å². The van der Waals surface area contributed by atoms with Crippen molar-refractivity contribution in [1.29, 1.82) is 0 Å². The van der Waals surface area contributed by atoms with Crippen molar-refractivity contribution in [1.82, 2.24) is 24.4 Å². The molecule has 0 N–H and O–H groups in total. The molecule has 0 radical (unpaired) electrons. The van der Waals surface area contributed by atoms with Gasteiger partial charge in [0.1, 0.15) is 11.4 Å². The normalized spacial score (nSPS) is 20.0. The van der Waals surface area contributed by atoms with Crippen LogP contribution in [0.4, 0.5) is 13.2 Å². The standard InChI is InChI=1S/C23H26F3N5.C2H6/c1-29-11-12-30(15-19(29)17-5-3-2-4-6-17)14-18-9-10-31-20(13-16-7-8-16)27-28-22(31)21(18)23(24,25)26;1-2/h2-6,9-10,16,19H,7-8,11-15H2,1H3;1-2H3. The Morgan fingerprint density at radius 3 is 2.39 bits per heavy atom. The molecular formula is C25H32F3N5. The number of likely N-dealkylation sites (N-methyl/N-ethyl adjacent to an activating group) is 1. The summed E-state index contributed by atoms with van der Waals surface area (Å²) in [4.78, 5) is 4.38. The Hall–Kier alpha value is -2.45. The van der Waals surface area contributed by atoms with Gasteiger partial charge in [-0.05, 0) is 43.0 Å². The third-order valence-corrected chi connectivity index (χ3v) is 6.50. The molecule has 8 heteroatoms. The summed E-state index contributed by atoms with van der Waals surface area (Å²) in [6, 6.07) is 11.9. The van der Waals surface area contributed by atoms with E-state index in [1.165, 1.54) is 9.96 Å². The number of hydrogen-bond acceptors (Lipinski definition) is 4. The summed E-state index contributed by atoms with van der Waals surface area (Å²) in [6.45, 7) is 6.46. The van der Waals surface area contributed by atoms with Crippen molar-refractivity contribution in [3.8, 4) is 0 Å². The third kappa shape index (κ3) is 5.22. The van der Waals surface area contributed by atoms with Crippen LogP contribution in [0, 0.1) is 5.92 Å². The van der Waals surface area contributed by atoms with Gasteiger partial charge in [0, 0.05) is 44.8 Å². The van der Waals surface area contributed by atoms with E-state index in [1.807, 2.05) is 32.0 Å². The van der Waals surface area contributed by atoms with Crippen LogP contribution < -0.4 is 0 Å². The molecule has 1 atom stereocenters. The lowest BCUT2D eigenvalue weighted by Gasteiger charge is -2.40. The van der Waals surface area contributed by atoms with E-state index in [4.69, 9.17) is 0 Å². The monoisotopic (exact) mass is 459 g/mol. The molecule has 1 saturated heterocycles. The van der Waals surface area contributed by atoms with E-state index in [-0.39, 0.29) is 23.8 Å². The maximum absolute atomic E-state index is 14.1. The quantitative estimate of drug-likeness (QED) is 0.525. The predicted molar refractivity (Wildman–Crippen MR) is 123 cm³/mol. The Morgan fingerprint density at radius 2 is 1.73 bits per heavy atom. The van der Waals surface area contributed by atoms with Crippen molar-refractivity contribution in [2.45, 2.75) is 51.9 Å². The Kier molecular flexibility index (Phi) is 7.05. The fraction of sp³-hybridized carbons (Fsp3) is 0.520. The number of nitrogens with zero attached hydrogens (tertiary/aromatic N) is 5. The van der Waals surface area contributed by atoms with Crippen molar-refractivity contribution in [3.63, 3.8) is 0 Å². The SMILES string of the molecule is CC.CN1CCN(Cc2ccn3c(CC4CC4)nnc3c2C(F)(F)F)CC1c1ccccc1. The van der Waals surface area contributed by atoms with Gasteiger partial charge >= 0.3 is 6.18 Å². The van der Waals surface area contributed by atoms with Gasteiger partial charge in [-0.3, -0.25) is 14.2 Å². The minimum Gasteiger partial charge on any atom is -0.297 e. The first kappa shape index (κ1) is 23.7.